The number of guanidine groups is 1. The quantitative estimate of drug-likeness (QED) is 0.524. The van der Waals surface area contributed by atoms with Gasteiger partial charge in [-0.3, -0.25) is 4.99 Å². The highest BCUT2D eigenvalue weighted by Crippen LogP contribution is 2.21. The van der Waals surface area contributed by atoms with Gasteiger partial charge in [0.2, 0.25) is 0 Å². The molecule has 0 aliphatic carbocycles. The number of methoxy groups -OCH3 is 1. The van der Waals surface area contributed by atoms with Crippen LogP contribution in [0.25, 0.3) is 0 Å². The minimum Gasteiger partial charge on any atom is -0.497 e. The van der Waals surface area contributed by atoms with Crippen LogP contribution in [0.1, 0.15) is 32.8 Å². The predicted molar refractivity (Wildman–Crippen MR) is 109 cm³/mol. The van der Waals surface area contributed by atoms with Crippen molar-refractivity contribution in [2.24, 2.45) is 10.4 Å². The molecule has 0 spiro atoms. The SMILES string of the molecule is CCNC(=NCC(C)(C)CCS(C)(=O)=O)N(C)Cc1ccc(OC)cc1. The van der Waals surface area contributed by atoms with Crippen molar-refractivity contribution in [2.75, 3.05) is 39.3 Å². The van der Waals surface area contributed by atoms with Crippen molar-refractivity contribution in [2.45, 2.75) is 33.7 Å². The number of benzene rings is 1. The number of hydrogen-bond donors (Lipinski definition) is 1. The third-order valence-corrected chi connectivity index (χ3v) is 5.03. The number of hydrogen-bond acceptors (Lipinski definition) is 4. The molecular formula is C19H33N3O3S. The third kappa shape index (κ3) is 8.56. The molecule has 7 heteroatoms. The van der Waals surface area contributed by atoms with Crippen LogP contribution in [0.5, 0.6) is 5.75 Å². The standard InChI is InChI=1S/C19H33N3O3S/c1-7-20-18(21-15-19(2,3)12-13-26(6,23)24)22(4)14-16-8-10-17(25-5)11-9-16/h8-11H,7,12-15H2,1-6H3,(H,20,21). The van der Waals surface area contributed by atoms with Gasteiger partial charge in [-0.25, -0.2) is 8.42 Å². The van der Waals surface area contributed by atoms with E-state index in [2.05, 4.69) is 24.1 Å². The molecular weight excluding hydrogens is 350 g/mol. The fraction of sp³-hybridized carbons (Fsp3) is 0.632. The van der Waals surface area contributed by atoms with Crippen molar-refractivity contribution >= 4 is 15.8 Å². The maximum absolute atomic E-state index is 11.4. The molecule has 0 atom stereocenters. The van der Waals surface area contributed by atoms with Gasteiger partial charge >= 0.3 is 0 Å². The number of ether oxygens (including phenoxy) is 1. The summed E-state index contributed by atoms with van der Waals surface area (Å²) in [6.07, 6.45) is 1.87. The zero-order valence-electron chi connectivity index (χ0n) is 16.9. The van der Waals surface area contributed by atoms with Gasteiger partial charge in [-0.2, -0.15) is 0 Å². The molecule has 1 aromatic carbocycles. The van der Waals surface area contributed by atoms with Gasteiger partial charge in [0, 0.05) is 32.9 Å². The van der Waals surface area contributed by atoms with E-state index >= 15 is 0 Å². The first-order valence-corrected chi connectivity index (χ1v) is 10.9. The number of aliphatic imine (C=N–C) groups is 1. The molecule has 0 saturated heterocycles. The van der Waals surface area contributed by atoms with Crippen LogP contribution in [0.2, 0.25) is 0 Å². The first kappa shape index (κ1) is 22.3. The molecule has 6 nitrogen and oxygen atoms in total. The second kappa shape index (κ2) is 9.80. The molecule has 1 rings (SSSR count). The number of rotatable bonds is 9. The van der Waals surface area contributed by atoms with Gasteiger partial charge in [-0.05, 0) is 36.5 Å². The number of nitrogens with zero attached hydrogens (tertiary/aromatic N) is 2. The predicted octanol–water partition coefficient (Wildman–Crippen LogP) is 2.55. The zero-order valence-corrected chi connectivity index (χ0v) is 17.7. The molecule has 0 bridgehead atoms. The second-order valence-electron chi connectivity index (χ2n) is 7.42. The van der Waals surface area contributed by atoms with Crippen molar-refractivity contribution in [1.82, 2.24) is 10.2 Å². The molecule has 0 heterocycles. The van der Waals surface area contributed by atoms with Crippen LogP contribution in [0.3, 0.4) is 0 Å². The summed E-state index contributed by atoms with van der Waals surface area (Å²) in [7, 11) is 0.697. The molecule has 0 unspecified atom stereocenters. The van der Waals surface area contributed by atoms with Crippen molar-refractivity contribution < 1.29 is 13.2 Å². The van der Waals surface area contributed by atoms with Gasteiger partial charge in [-0.1, -0.05) is 26.0 Å². The van der Waals surface area contributed by atoms with Gasteiger partial charge in [0.25, 0.3) is 0 Å². The van der Waals surface area contributed by atoms with E-state index in [0.29, 0.717) is 13.0 Å². The van der Waals surface area contributed by atoms with Crippen LogP contribution in [0.4, 0.5) is 0 Å². The Bertz CT molecular complexity index is 682. The first-order chi connectivity index (χ1) is 12.1. The molecule has 0 amide bonds. The molecule has 0 radical (unpaired) electrons. The molecule has 1 aromatic rings. The second-order valence-corrected chi connectivity index (χ2v) is 9.68. The Balaban J connectivity index is 2.76. The molecule has 1 N–H and O–H groups in total. The largest absolute Gasteiger partial charge is 0.497 e. The lowest BCUT2D eigenvalue weighted by Crippen LogP contribution is -2.39. The van der Waals surface area contributed by atoms with E-state index in [-0.39, 0.29) is 11.2 Å². The normalized spacial score (nSPS) is 12.8. The maximum atomic E-state index is 11.4. The van der Waals surface area contributed by atoms with Crippen LogP contribution in [-0.4, -0.2) is 58.5 Å². The van der Waals surface area contributed by atoms with E-state index in [1.165, 1.54) is 6.26 Å². The van der Waals surface area contributed by atoms with E-state index in [9.17, 15) is 8.42 Å². The summed E-state index contributed by atoms with van der Waals surface area (Å²) in [5.74, 6) is 1.84. The summed E-state index contributed by atoms with van der Waals surface area (Å²) in [6, 6.07) is 7.97. The Hall–Kier alpha value is -1.76. The number of nitrogens with one attached hydrogen (secondary N) is 1. The van der Waals surface area contributed by atoms with E-state index in [1.54, 1.807) is 7.11 Å². The lowest BCUT2D eigenvalue weighted by molar-refractivity contribution is 0.361. The Morgan fingerprint density at radius 2 is 1.88 bits per heavy atom. The lowest BCUT2D eigenvalue weighted by atomic mass is 9.90. The van der Waals surface area contributed by atoms with Crippen molar-refractivity contribution in [3.05, 3.63) is 29.8 Å². The Morgan fingerprint density at radius 1 is 1.27 bits per heavy atom. The fourth-order valence-electron chi connectivity index (χ4n) is 2.38. The van der Waals surface area contributed by atoms with Crippen molar-refractivity contribution in [3.8, 4) is 5.75 Å². The van der Waals surface area contributed by atoms with Crippen LogP contribution < -0.4 is 10.1 Å². The smallest absolute Gasteiger partial charge is 0.193 e. The van der Waals surface area contributed by atoms with Crippen molar-refractivity contribution in [1.29, 1.82) is 0 Å². The highest BCUT2D eigenvalue weighted by atomic mass is 32.2. The lowest BCUT2D eigenvalue weighted by Gasteiger charge is -2.26. The molecule has 0 saturated carbocycles. The van der Waals surface area contributed by atoms with E-state index in [4.69, 9.17) is 9.73 Å². The molecule has 0 fully saturated rings. The Labute approximate surface area is 158 Å². The van der Waals surface area contributed by atoms with Gasteiger partial charge in [0.05, 0.1) is 12.9 Å². The van der Waals surface area contributed by atoms with Gasteiger partial charge < -0.3 is 15.0 Å². The number of sulfone groups is 1. The van der Waals surface area contributed by atoms with Crippen molar-refractivity contribution in [3.63, 3.8) is 0 Å². The fourth-order valence-corrected chi connectivity index (χ4v) is 3.30. The third-order valence-electron chi connectivity index (χ3n) is 4.08. The van der Waals surface area contributed by atoms with E-state index in [0.717, 1.165) is 30.4 Å². The molecule has 148 valence electrons. The van der Waals surface area contributed by atoms with Crippen LogP contribution in [0.15, 0.2) is 29.3 Å². The van der Waals surface area contributed by atoms with E-state index in [1.807, 2.05) is 38.2 Å². The summed E-state index contributed by atoms with van der Waals surface area (Å²) in [5, 5.41) is 3.30. The minimum absolute atomic E-state index is 0.176. The Morgan fingerprint density at radius 3 is 2.38 bits per heavy atom. The van der Waals surface area contributed by atoms with Gasteiger partial charge in [0.15, 0.2) is 5.96 Å². The first-order valence-electron chi connectivity index (χ1n) is 8.86. The summed E-state index contributed by atoms with van der Waals surface area (Å²) in [5.41, 5.74) is 0.986. The summed E-state index contributed by atoms with van der Waals surface area (Å²) in [4.78, 5) is 6.79. The maximum Gasteiger partial charge on any atom is 0.193 e. The minimum atomic E-state index is -2.95. The highest BCUT2D eigenvalue weighted by Gasteiger charge is 2.20. The summed E-state index contributed by atoms with van der Waals surface area (Å²) in [6.45, 7) is 8.20. The van der Waals surface area contributed by atoms with Crippen LogP contribution >= 0.6 is 0 Å². The topological polar surface area (TPSA) is 71.0 Å². The Kier molecular flexibility index (Phi) is 8.40. The van der Waals surface area contributed by atoms with Gasteiger partial charge in [0.1, 0.15) is 15.6 Å². The molecule has 26 heavy (non-hydrogen) atoms. The van der Waals surface area contributed by atoms with Gasteiger partial charge in [-0.15, -0.1) is 0 Å². The highest BCUT2D eigenvalue weighted by molar-refractivity contribution is 7.90. The monoisotopic (exact) mass is 383 g/mol. The average Bonchev–Trinajstić information content (AvgIpc) is 2.57. The average molecular weight is 384 g/mol. The molecule has 0 aromatic heterocycles. The summed E-state index contributed by atoms with van der Waals surface area (Å²) < 4.78 is 28.0. The zero-order chi connectivity index (χ0) is 19.8. The summed E-state index contributed by atoms with van der Waals surface area (Å²) >= 11 is 0. The molecule has 0 aliphatic heterocycles. The molecule has 0 aliphatic rings. The van der Waals surface area contributed by atoms with E-state index < -0.39 is 9.84 Å². The van der Waals surface area contributed by atoms with Crippen LogP contribution in [0, 0.1) is 5.41 Å². The van der Waals surface area contributed by atoms with Crippen LogP contribution in [-0.2, 0) is 16.4 Å².